The highest BCUT2D eigenvalue weighted by Crippen LogP contribution is 2.17. The third-order valence-corrected chi connectivity index (χ3v) is 3.65. The fraction of sp³-hybridized carbons (Fsp3) is 0.667. The topological polar surface area (TPSA) is 58.2 Å². The van der Waals surface area contributed by atoms with E-state index in [0.717, 1.165) is 25.2 Å². The molecule has 1 fully saturated rings. The number of nitrogens with zero attached hydrogens (tertiary/aromatic N) is 2. The van der Waals surface area contributed by atoms with Gasteiger partial charge in [0.25, 0.3) is 5.56 Å². The fourth-order valence-corrected chi connectivity index (χ4v) is 2.29. The normalized spacial score (nSPS) is 16.3. The van der Waals surface area contributed by atoms with Crippen molar-refractivity contribution >= 4 is 21.9 Å². The Morgan fingerprint density at radius 3 is 2.72 bits per heavy atom. The molecule has 1 aromatic rings. The molecule has 0 radical (unpaired) electrons. The van der Waals surface area contributed by atoms with Crippen molar-refractivity contribution in [3.8, 4) is 0 Å². The molecule has 1 N–H and O–H groups in total. The number of aromatic nitrogens is 2. The predicted molar refractivity (Wildman–Crippen MR) is 74.1 cm³/mol. The lowest BCUT2D eigenvalue weighted by atomic mass is 10.1. The van der Waals surface area contributed by atoms with Crippen LogP contribution in [0, 0.1) is 5.92 Å². The molecule has 2 rings (SSSR count). The van der Waals surface area contributed by atoms with Crippen molar-refractivity contribution < 1.29 is 4.74 Å². The van der Waals surface area contributed by atoms with Gasteiger partial charge in [0, 0.05) is 13.1 Å². The lowest BCUT2D eigenvalue weighted by Gasteiger charge is -2.27. The van der Waals surface area contributed by atoms with E-state index in [1.165, 1.54) is 0 Å². The van der Waals surface area contributed by atoms with Gasteiger partial charge in [0.2, 0.25) is 5.95 Å². The van der Waals surface area contributed by atoms with E-state index in [2.05, 4.69) is 44.6 Å². The van der Waals surface area contributed by atoms with Gasteiger partial charge in [-0.2, -0.15) is 0 Å². The van der Waals surface area contributed by atoms with Gasteiger partial charge in [-0.1, -0.05) is 13.8 Å². The molecular formula is C12H18BrN3O2. The number of aromatic amines is 1. The van der Waals surface area contributed by atoms with E-state index in [0.29, 0.717) is 29.6 Å². The van der Waals surface area contributed by atoms with Gasteiger partial charge in [-0.15, -0.1) is 0 Å². The number of hydrogen-bond donors (Lipinski definition) is 1. The van der Waals surface area contributed by atoms with Gasteiger partial charge in [-0.25, -0.2) is 4.98 Å². The van der Waals surface area contributed by atoms with Gasteiger partial charge >= 0.3 is 0 Å². The largest absolute Gasteiger partial charge is 0.378 e. The van der Waals surface area contributed by atoms with Gasteiger partial charge in [0.15, 0.2) is 0 Å². The third-order valence-electron chi connectivity index (χ3n) is 2.83. The zero-order valence-electron chi connectivity index (χ0n) is 10.7. The van der Waals surface area contributed by atoms with Gasteiger partial charge in [0.05, 0.1) is 18.9 Å². The molecule has 0 aliphatic carbocycles. The summed E-state index contributed by atoms with van der Waals surface area (Å²) in [5.74, 6) is 1.12. The Bertz CT molecular complexity index is 467. The van der Waals surface area contributed by atoms with Crippen molar-refractivity contribution in [2.24, 2.45) is 5.92 Å². The van der Waals surface area contributed by atoms with Crippen molar-refractivity contribution in [1.29, 1.82) is 0 Å². The van der Waals surface area contributed by atoms with Crippen LogP contribution in [0.4, 0.5) is 5.95 Å². The Kier molecular flexibility index (Phi) is 4.40. The maximum atomic E-state index is 11.9. The minimum absolute atomic E-state index is 0.109. The molecule has 0 bridgehead atoms. The van der Waals surface area contributed by atoms with Crippen molar-refractivity contribution in [3.05, 3.63) is 20.5 Å². The summed E-state index contributed by atoms with van der Waals surface area (Å²) in [7, 11) is 0. The van der Waals surface area contributed by atoms with Gasteiger partial charge in [-0.3, -0.25) is 9.78 Å². The molecular weight excluding hydrogens is 298 g/mol. The Hall–Kier alpha value is -0.880. The van der Waals surface area contributed by atoms with Crippen molar-refractivity contribution in [1.82, 2.24) is 9.97 Å². The van der Waals surface area contributed by atoms with E-state index < -0.39 is 0 Å². The molecule has 1 aromatic heterocycles. The number of anilines is 1. The van der Waals surface area contributed by atoms with Crippen LogP contribution in [-0.4, -0.2) is 36.3 Å². The Morgan fingerprint density at radius 2 is 2.11 bits per heavy atom. The smallest absolute Gasteiger partial charge is 0.266 e. The minimum atomic E-state index is -0.109. The average Bonchev–Trinajstić information content (AvgIpc) is 2.35. The zero-order chi connectivity index (χ0) is 13.1. The second kappa shape index (κ2) is 5.84. The summed E-state index contributed by atoms with van der Waals surface area (Å²) in [6, 6.07) is 0. The standard InChI is InChI=1S/C12H18BrN3O2/c1-8(2)7-9-10(13)11(17)15-12(14-9)16-3-5-18-6-4-16/h8H,3-7H2,1-2H3,(H,14,15,17). The first-order chi connectivity index (χ1) is 8.58. The molecule has 0 amide bonds. The van der Waals surface area contributed by atoms with E-state index in [4.69, 9.17) is 4.74 Å². The van der Waals surface area contributed by atoms with Gasteiger partial charge in [0.1, 0.15) is 4.47 Å². The van der Waals surface area contributed by atoms with Crippen LogP contribution in [0.3, 0.4) is 0 Å². The van der Waals surface area contributed by atoms with Crippen molar-refractivity contribution in [3.63, 3.8) is 0 Å². The quantitative estimate of drug-likeness (QED) is 0.919. The molecule has 0 aromatic carbocycles. The van der Waals surface area contributed by atoms with Crippen molar-refractivity contribution in [2.75, 3.05) is 31.2 Å². The molecule has 1 aliphatic heterocycles. The maximum absolute atomic E-state index is 11.9. The maximum Gasteiger partial charge on any atom is 0.266 e. The second-order valence-electron chi connectivity index (χ2n) is 4.85. The van der Waals surface area contributed by atoms with Gasteiger partial charge in [-0.05, 0) is 28.3 Å². The fourth-order valence-electron chi connectivity index (χ4n) is 1.94. The number of nitrogens with one attached hydrogen (secondary N) is 1. The minimum Gasteiger partial charge on any atom is -0.378 e. The summed E-state index contributed by atoms with van der Waals surface area (Å²) < 4.78 is 5.85. The van der Waals surface area contributed by atoms with Gasteiger partial charge < -0.3 is 9.64 Å². The number of rotatable bonds is 3. The molecule has 1 saturated heterocycles. The summed E-state index contributed by atoms with van der Waals surface area (Å²) in [5.41, 5.74) is 0.720. The summed E-state index contributed by atoms with van der Waals surface area (Å²) in [6.07, 6.45) is 0.793. The van der Waals surface area contributed by atoms with Crippen LogP contribution < -0.4 is 10.5 Å². The highest BCUT2D eigenvalue weighted by molar-refractivity contribution is 9.10. The summed E-state index contributed by atoms with van der Waals surface area (Å²) in [4.78, 5) is 21.3. The van der Waals surface area contributed by atoms with Crippen LogP contribution in [0.25, 0.3) is 0 Å². The summed E-state index contributed by atoms with van der Waals surface area (Å²) in [6.45, 7) is 7.13. The van der Waals surface area contributed by atoms with E-state index in [9.17, 15) is 4.79 Å². The zero-order valence-corrected chi connectivity index (χ0v) is 12.3. The van der Waals surface area contributed by atoms with Crippen LogP contribution in [0.1, 0.15) is 19.5 Å². The number of ether oxygens (including phenoxy) is 1. The second-order valence-corrected chi connectivity index (χ2v) is 5.64. The monoisotopic (exact) mass is 315 g/mol. The van der Waals surface area contributed by atoms with Crippen LogP contribution in [0.2, 0.25) is 0 Å². The molecule has 2 heterocycles. The number of morpholine rings is 1. The molecule has 5 nitrogen and oxygen atoms in total. The van der Waals surface area contributed by atoms with Crippen LogP contribution in [0.5, 0.6) is 0 Å². The lowest BCUT2D eigenvalue weighted by molar-refractivity contribution is 0.122. The van der Waals surface area contributed by atoms with E-state index >= 15 is 0 Å². The summed E-state index contributed by atoms with van der Waals surface area (Å²) in [5, 5.41) is 0. The van der Waals surface area contributed by atoms with Crippen LogP contribution in [0.15, 0.2) is 9.27 Å². The van der Waals surface area contributed by atoms with E-state index in [1.54, 1.807) is 0 Å². The Labute approximate surface area is 115 Å². The molecule has 18 heavy (non-hydrogen) atoms. The summed E-state index contributed by atoms with van der Waals surface area (Å²) >= 11 is 3.32. The first-order valence-corrected chi connectivity index (χ1v) is 6.98. The van der Waals surface area contributed by atoms with Crippen molar-refractivity contribution in [2.45, 2.75) is 20.3 Å². The molecule has 100 valence electrons. The van der Waals surface area contributed by atoms with E-state index in [1.807, 2.05) is 0 Å². The van der Waals surface area contributed by atoms with Crippen LogP contribution >= 0.6 is 15.9 Å². The number of H-pyrrole nitrogens is 1. The molecule has 0 unspecified atom stereocenters. The predicted octanol–water partition coefficient (Wildman–Crippen LogP) is 1.57. The first-order valence-electron chi connectivity index (χ1n) is 6.19. The van der Waals surface area contributed by atoms with E-state index in [-0.39, 0.29) is 5.56 Å². The lowest BCUT2D eigenvalue weighted by Crippen LogP contribution is -2.38. The third kappa shape index (κ3) is 3.11. The SMILES string of the molecule is CC(C)Cc1nc(N2CCOCC2)[nH]c(=O)c1Br. The number of hydrogen-bond acceptors (Lipinski definition) is 4. The highest BCUT2D eigenvalue weighted by atomic mass is 79.9. The Morgan fingerprint density at radius 1 is 1.44 bits per heavy atom. The Balaban J connectivity index is 2.30. The molecule has 0 saturated carbocycles. The number of halogens is 1. The molecule has 0 atom stereocenters. The first kappa shape index (κ1) is 13.5. The van der Waals surface area contributed by atoms with Crippen LogP contribution in [-0.2, 0) is 11.2 Å². The highest BCUT2D eigenvalue weighted by Gasteiger charge is 2.17. The molecule has 0 spiro atoms. The average molecular weight is 316 g/mol. The molecule has 6 heteroatoms. The molecule has 1 aliphatic rings.